The van der Waals surface area contributed by atoms with Crippen LogP contribution in [-0.4, -0.2) is 4.98 Å². The van der Waals surface area contributed by atoms with E-state index in [2.05, 4.69) is 45.8 Å². The van der Waals surface area contributed by atoms with E-state index in [1.165, 1.54) is 36.8 Å². The lowest BCUT2D eigenvalue weighted by molar-refractivity contribution is 0.429. The molecule has 2 rings (SSSR count). The van der Waals surface area contributed by atoms with Crippen LogP contribution in [0.2, 0.25) is 0 Å². The minimum absolute atomic E-state index is 0.340. The predicted octanol–water partition coefficient (Wildman–Crippen LogP) is 4.42. The Bertz CT molecular complexity index is 339. The summed E-state index contributed by atoms with van der Waals surface area (Å²) in [4.78, 5) is 4.29. The molecule has 1 nitrogen and oxygen atoms in total. The van der Waals surface area contributed by atoms with Crippen molar-refractivity contribution in [3.63, 3.8) is 0 Å². The summed E-state index contributed by atoms with van der Waals surface area (Å²) >= 11 is 0. The second-order valence-corrected chi connectivity index (χ2v) is 5.43. The van der Waals surface area contributed by atoms with E-state index in [4.69, 9.17) is 0 Å². The van der Waals surface area contributed by atoms with Crippen LogP contribution in [0.4, 0.5) is 0 Å². The van der Waals surface area contributed by atoms with Gasteiger partial charge in [0.2, 0.25) is 0 Å². The molecule has 1 heteroatoms. The monoisotopic (exact) mass is 219 g/mol. The fourth-order valence-electron chi connectivity index (χ4n) is 2.35. The Morgan fingerprint density at radius 1 is 1.25 bits per heavy atom. The molecule has 0 N–H and O–H groups in total. The summed E-state index contributed by atoms with van der Waals surface area (Å²) in [6.45, 7) is 11.1. The average Bonchev–Trinajstić information content (AvgIpc) is 2.20. The van der Waals surface area contributed by atoms with Gasteiger partial charge in [-0.25, -0.2) is 0 Å². The molecule has 0 saturated heterocycles. The molecule has 1 aliphatic rings. The van der Waals surface area contributed by atoms with Crippen molar-refractivity contribution in [2.45, 2.75) is 65.7 Å². The van der Waals surface area contributed by atoms with Crippen molar-refractivity contribution < 1.29 is 0 Å². The van der Waals surface area contributed by atoms with Gasteiger partial charge in [-0.2, -0.15) is 0 Å². The number of pyridine rings is 1. The summed E-state index contributed by atoms with van der Waals surface area (Å²) in [7, 11) is 0. The molecule has 0 unspecified atom stereocenters. The Balaban J connectivity index is 0.000000386. The highest BCUT2D eigenvalue weighted by molar-refractivity contribution is 5.37. The molecule has 0 amide bonds. The van der Waals surface area contributed by atoms with Crippen molar-refractivity contribution in [2.75, 3.05) is 0 Å². The normalized spacial score (nSPS) is 17.1. The zero-order chi connectivity index (χ0) is 12.2. The van der Waals surface area contributed by atoms with Crippen molar-refractivity contribution in [1.29, 1.82) is 0 Å². The van der Waals surface area contributed by atoms with E-state index in [9.17, 15) is 0 Å². The zero-order valence-corrected chi connectivity index (χ0v) is 11.4. The Morgan fingerprint density at radius 3 is 2.44 bits per heavy atom. The highest BCUT2D eigenvalue weighted by Gasteiger charge is 2.27. The third-order valence-electron chi connectivity index (χ3n) is 3.23. The average molecular weight is 219 g/mol. The number of aryl methyl sites for hydroxylation is 1. The van der Waals surface area contributed by atoms with Gasteiger partial charge in [0.1, 0.15) is 0 Å². The van der Waals surface area contributed by atoms with Crippen LogP contribution in [0.1, 0.15) is 63.6 Å². The summed E-state index contributed by atoms with van der Waals surface area (Å²) in [5.41, 5.74) is 4.72. The molecule has 0 atom stereocenters. The lowest BCUT2D eigenvalue weighted by Gasteiger charge is -2.32. The van der Waals surface area contributed by atoms with Crippen LogP contribution in [0.25, 0.3) is 0 Å². The van der Waals surface area contributed by atoms with E-state index in [1.54, 1.807) is 5.56 Å². The number of fused-ring (bicyclic) bond motifs is 1. The van der Waals surface area contributed by atoms with Crippen molar-refractivity contribution in [3.05, 3.63) is 29.1 Å². The summed E-state index contributed by atoms with van der Waals surface area (Å²) < 4.78 is 0. The van der Waals surface area contributed by atoms with E-state index in [-0.39, 0.29) is 0 Å². The van der Waals surface area contributed by atoms with E-state index in [0.717, 1.165) is 0 Å². The van der Waals surface area contributed by atoms with Crippen LogP contribution in [0, 0.1) is 6.92 Å². The minimum atomic E-state index is 0.340. The van der Waals surface area contributed by atoms with Gasteiger partial charge >= 0.3 is 0 Å². The maximum Gasteiger partial charge on any atom is 0.0308 e. The van der Waals surface area contributed by atoms with Gasteiger partial charge in [-0.3, -0.25) is 4.98 Å². The quantitative estimate of drug-likeness (QED) is 0.629. The largest absolute Gasteiger partial charge is 0.264 e. The molecule has 0 aromatic carbocycles. The van der Waals surface area contributed by atoms with Gasteiger partial charge in [0, 0.05) is 12.4 Å². The first-order chi connectivity index (χ1) is 7.53. The molecular weight excluding hydrogens is 194 g/mol. The fourth-order valence-corrected chi connectivity index (χ4v) is 2.35. The Kier molecular flexibility index (Phi) is 4.52. The minimum Gasteiger partial charge on any atom is -0.264 e. The summed E-state index contributed by atoms with van der Waals surface area (Å²) in [5.74, 6) is 0. The van der Waals surface area contributed by atoms with Gasteiger partial charge in [0.15, 0.2) is 0 Å². The van der Waals surface area contributed by atoms with Gasteiger partial charge in [-0.15, -0.1) is 0 Å². The van der Waals surface area contributed by atoms with Crippen molar-refractivity contribution in [3.8, 4) is 0 Å². The highest BCUT2D eigenvalue weighted by Crippen LogP contribution is 2.37. The van der Waals surface area contributed by atoms with Crippen molar-refractivity contribution >= 4 is 0 Å². The highest BCUT2D eigenvalue weighted by atomic mass is 14.6. The Labute approximate surface area is 100 Å². The number of rotatable bonds is 0. The summed E-state index contributed by atoms with van der Waals surface area (Å²) in [5, 5.41) is 0. The molecule has 0 spiro atoms. The fraction of sp³-hybridized carbons (Fsp3) is 0.667. The van der Waals surface area contributed by atoms with Crippen molar-refractivity contribution in [2.24, 2.45) is 0 Å². The lowest BCUT2D eigenvalue weighted by Crippen LogP contribution is -2.24. The number of nitrogens with zero attached hydrogens (tertiary/aromatic N) is 1. The molecule has 0 aliphatic heterocycles. The van der Waals surface area contributed by atoms with Crippen LogP contribution in [0.3, 0.4) is 0 Å². The Hall–Kier alpha value is -0.850. The van der Waals surface area contributed by atoms with Gasteiger partial charge in [-0.05, 0) is 48.3 Å². The van der Waals surface area contributed by atoms with Crippen LogP contribution in [0.15, 0.2) is 12.4 Å². The second kappa shape index (κ2) is 5.47. The van der Waals surface area contributed by atoms with Gasteiger partial charge in [0.25, 0.3) is 0 Å². The second-order valence-electron chi connectivity index (χ2n) is 5.43. The molecule has 0 saturated carbocycles. The smallest absolute Gasteiger partial charge is 0.0308 e. The van der Waals surface area contributed by atoms with Crippen LogP contribution in [-0.2, 0) is 11.8 Å². The third kappa shape index (κ3) is 2.84. The molecule has 1 aliphatic carbocycles. The molecule has 16 heavy (non-hydrogen) atoms. The third-order valence-corrected chi connectivity index (χ3v) is 3.23. The molecule has 1 aromatic heterocycles. The maximum atomic E-state index is 4.29. The van der Waals surface area contributed by atoms with E-state index < -0.39 is 0 Å². The molecule has 1 heterocycles. The first-order valence-corrected chi connectivity index (χ1v) is 6.47. The first-order valence-electron chi connectivity index (χ1n) is 6.47. The van der Waals surface area contributed by atoms with Crippen LogP contribution >= 0.6 is 0 Å². The molecule has 0 radical (unpaired) electrons. The van der Waals surface area contributed by atoms with E-state index in [1.807, 2.05) is 6.20 Å². The molecule has 0 bridgehead atoms. The number of aromatic nitrogens is 1. The predicted molar refractivity (Wildman–Crippen MR) is 70.9 cm³/mol. The zero-order valence-electron chi connectivity index (χ0n) is 11.4. The Morgan fingerprint density at radius 2 is 1.88 bits per heavy atom. The van der Waals surface area contributed by atoms with Crippen molar-refractivity contribution in [1.82, 2.24) is 4.98 Å². The van der Waals surface area contributed by atoms with Gasteiger partial charge in [-0.1, -0.05) is 34.1 Å². The van der Waals surface area contributed by atoms with Crippen LogP contribution in [0.5, 0.6) is 0 Å². The topological polar surface area (TPSA) is 12.9 Å². The molecule has 1 aromatic rings. The summed E-state index contributed by atoms with van der Waals surface area (Å²) in [6, 6.07) is 0. The van der Waals surface area contributed by atoms with Gasteiger partial charge < -0.3 is 0 Å². The standard InChI is InChI=1S/C12H17N.C3H8/c1-9-7-13-8-11-10(9)5-4-6-12(11,2)3;1-3-2/h7-8H,4-6H2,1-3H3;3H2,1-2H3. The lowest BCUT2D eigenvalue weighted by atomic mass is 9.73. The van der Waals surface area contributed by atoms with Crippen LogP contribution < -0.4 is 0 Å². The first kappa shape index (κ1) is 13.2. The SMILES string of the molecule is CCC.Cc1cncc2c1CCCC2(C)C. The molecular formula is C15H25N. The van der Waals surface area contributed by atoms with E-state index >= 15 is 0 Å². The van der Waals surface area contributed by atoms with Gasteiger partial charge in [0.05, 0.1) is 0 Å². The summed E-state index contributed by atoms with van der Waals surface area (Å²) in [6.07, 6.45) is 9.16. The molecule has 0 fully saturated rings. The maximum absolute atomic E-state index is 4.29. The van der Waals surface area contributed by atoms with E-state index in [0.29, 0.717) is 5.41 Å². The molecule has 90 valence electrons. The number of hydrogen-bond acceptors (Lipinski definition) is 1. The number of hydrogen-bond donors (Lipinski definition) is 0.